The maximum atomic E-state index is 12.4. The van der Waals surface area contributed by atoms with E-state index in [-0.39, 0.29) is 5.91 Å². The lowest BCUT2D eigenvalue weighted by molar-refractivity contribution is -0.111. The first-order chi connectivity index (χ1) is 13.5. The molecule has 1 aromatic heterocycles. The number of ether oxygens (including phenoxy) is 1. The van der Waals surface area contributed by atoms with Crippen molar-refractivity contribution in [3.05, 3.63) is 82.2 Å². The molecular formula is C23H21NO3S. The zero-order valence-corrected chi connectivity index (χ0v) is 16.8. The molecule has 5 heteroatoms. The molecule has 142 valence electrons. The van der Waals surface area contributed by atoms with E-state index in [0.29, 0.717) is 10.6 Å². The number of rotatable bonds is 5. The summed E-state index contributed by atoms with van der Waals surface area (Å²) in [6.45, 7) is 4.02. The predicted molar refractivity (Wildman–Crippen MR) is 115 cm³/mol. The minimum Gasteiger partial charge on any atom is -0.465 e. The van der Waals surface area contributed by atoms with Crippen LogP contribution in [0.5, 0.6) is 0 Å². The minimum absolute atomic E-state index is 0.303. The van der Waals surface area contributed by atoms with Crippen LogP contribution in [-0.4, -0.2) is 19.0 Å². The lowest BCUT2D eigenvalue weighted by Crippen LogP contribution is -2.11. The molecule has 28 heavy (non-hydrogen) atoms. The van der Waals surface area contributed by atoms with Crippen LogP contribution in [0.2, 0.25) is 0 Å². The molecule has 0 spiro atoms. The lowest BCUT2D eigenvalue weighted by atomic mass is 10.0. The second kappa shape index (κ2) is 8.67. The summed E-state index contributed by atoms with van der Waals surface area (Å²) in [6, 6.07) is 15.7. The molecule has 0 unspecified atom stereocenters. The summed E-state index contributed by atoms with van der Waals surface area (Å²) in [7, 11) is 1.34. The maximum absolute atomic E-state index is 12.4. The van der Waals surface area contributed by atoms with Crippen molar-refractivity contribution in [3.63, 3.8) is 0 Å². The number of methoxy groups -OCH3 is 1. The smallest absolute Gasteiger partial charge is 0.341 e. The van der Waals surface area contributed by atoms with Gasteiger partial charge in [0.25, 0.3) is 0 Å². The number of carbonyl (C=O) groups excluding carboxylic acids is 2. The van der Waals surface area contributed by atoms with Gasteiger partial charge in [-0.1, -0.05) is 59.7 Å². The number of aryl methyl sites for hydroxylation is 2. The van der Waals surface area contributed by atoms with Crippen LogP contribution in [0, 0.1) is 13.8 Å². The number of anilines is 1. The molecule has 0 aliphatic carbocycles. The first kappa shape index (κ1) is 19.6. The fraction of sp³-hybridized carbons (Fsp3) is 0.130. The average molecular weight is 391 g/mol. The Kier molecular flexibility index (Phi) is 6.06. The number of hydrogen-bond acceptors (Lipinski definition) is 4. The van der Waals surface area contributed by atoms with Gasteiger partial charge in [-0.05, 0) is 31.1 Å². The van der Waals surface area contributed by atoms with Gasteiger partial charge >= 0.3 is 5.97 Å². The number of nitrogens with one attached hydrogen (secondary N) is 1. The van der Waals surface area contributed by atoms with E-state index in [9.17, 15) is 9.59 Å². The van der Waals surface area contributed by atoms with Crippen molar-refractivity contribution < 1.29 is 14.3 Å². The van der Waals surface area contributed by atoms with Crippen LogP contribution < -0.4 is 5.32 Å². The Labute approximate surface area is 168 Å². The number of hydrogen-bond donors (Lipinski definition) is 1. The highest BCUT2D eigenvalue weighted by atomic mass is 32.1. The highest BCUT2D eigenvalue weighted by Gasteiger charge is 2.21. The first-order valence-electron chi connectivity index (χ1n) is 8.80. The van der Waals surface area contributed by atoms with E-state index in [2.05, 4.69) is 5.32 Å². The van der Waals surface area contributed by atoms with E-state index >= 15 is 0 Å². The second-order valence-electron chi connectivity index (χ2n) is 6.44. The third-order valence-corrected chi connectivity index (χ3v) is 5.18. The van der Waals surface area contributed by atoms with Crippen molar-refractivity contribution in [2.24, 2.45) is 0 Å². The molecule has 0 aliphatic heterocycles. The SMILES string of the molecule is COC(=O)c1c(-c2ccc(C)cc2)csc1NC(=O)C=Cc1ccc(C)cc1. The molecule has 4 nitrogen and oxygen atoms in total. The lowest BCUT2D eigenvalue weighted by Gasteiger charge is -2.07. The summed E-state index contributed by atoms with van der Waals surface area (Å²) in [5.41, 5.74) is 5.24. The van der Waals surface area contributed by atoms with E-state index < -0.39 is 5.97 Å². The van der Waals surface area contributed by atoms with Gasteiger partial charge < -0.3 is 10.1 Å². The molecule has 1 amide bonds. The summed E-state index contributed by atoms with van der Waals surface area (Å²) < 4.78 is 4.94. The topological polar surface area (TPSA) is 55.4 Å². The molecule has 0 radical (unpaired) electrons. The Hall–Kier alpha value is -3.18. The van der Waals surface area contributed by atoms with Gasteiger partial charge in [-0.3, -0.25) is 4.79 Å². The van der Waals surface area contributed by atoms with Gasteiger partial charge in [0.1, 0.15) is 10.6 Å². The summed E-state index contributed by atoms with van der Waals surface area (Å²) in [5.74, 6) is -0.780. The van der Waals surface area contributed by atoms with Crippen molar-refractivity contribution in [1.29, 1.82) is 0 Å². The van der Waals surface area contributed by atoms with E-state index in [4.69, 9.17) is 4.74 Å². The number of carbonyl (C=O) groups is 2. The van der Waals surface area contributed by atoms with Crippen LogP contribution in [0.25, 0.3) is 17.2 Å². The van der Waals surface area contributed by atoms with Crippen LogP contribution in [0.15, 0.2) is 60.0 Å². The number of esters is 1. The summed E-state index contributed by atoms with van der Waals surface area (Å²) in [6.07, 6.45) is 3.19. The van der Waals surface area contributed by atoms with Crippen molar-refractivity contribution in [2.75, 3.05) is 12.4 Å². The summed E-state index contributed by atoms with van der Waals surface area (Å²) in [4.78, 5) is 24.7. The van der Waals surface area contributed by atoms with Crippen LogP contribution in [0.4, 0.5) is 5.00 Å². The standard InChI is InChI=1S/C23H21NO3S/c1-15-4-8-17(9-5-15)10-13-20(25)24-22-21(23(26)27-3)19(14-28-22)18-11-6-16(2)7-12-18/h4-14H,1-3H3,(H,24,25). The van der Waals surface area contributed by atoms with Crippen LogP contribution in [0.3, 0.4) is 0 Å². The Morgan fingerprint density at radius 3 is 2.18 bits per heavy atom. The van der Waals surface area contributed by atoms with E-state index in [0.717, 1.165) is 27.8 Å². The number of amides is 1. The van der Waals surface area contributed by atoms with E-state index in [1.165, 1.54) is 24.5 Å². The molecule has 0 saturated carbocycles. The Morgan fingerprint density at radius 2 is 1.57 bits per heavy atom. The molecule has 0 bridgehead atoms. The fourth-order valence-electron chi connectivity index (χ4n) is 2.70. The Bertz CT molecular complexity index is 1020. The molecule has 0 aliphatic rings. The molecule has 0 fully saturated rings. The fourth-order valence-corrected chi connectivity index (χ4v) is 3.66. The van der Waals surface area contributed by atoms with Crippen molar-refractivity contribution in [2.45, 2.75) is 13.8 Å². The molecule has 3 rings (SSSR count). The third-order valence-electron chi connectivity index (χ3n) is 4.28. The highest BCUT2D eigenvalue weighted by Crippen LogP contribution is 2.36. The van der Waals surface area contributed by atoms with Gasteiger partial charge in [0.15, 0.2) is 0 Å². The number of benzene rings is 2. The Morgan fingerprint density at radius 1 is 0.964 bits per heavy atom. The van der Waals surface area contributed by atoms with Gasteiger partial charge in [-0.15, -0.1) is 11.3 Å². The van der Waals surface area contributed by atoms with Crippen molar-refractivity contribution >= 4 is 34.3 Å². The van der Waals surface area contributed by atoms with Gasteiger partial charge in [-0.25, -0.2) is 4.79 Å². The number of thiophene rings is 1. The summed E-state index contributed by atoms with van der Waals surface area (Å²) in [5, 5.41) is 5.13. The van der Waals surface area contributed by atoms with Crippen molar-refractivity contribution in [3.8, 4) is 11.1 Å². The summed E-state index contributed by atoms with van der Waals surface area (Å²) >= 11 is 1.30. The van der Waals surface area contributed by atoms with Crippen LogP contribution >= 0.6 is 11.3 Å². The zero-order chi connectivity index (χ0) is 20.1. The van der Waals surface area contributed by atoms with E-state index in [1.807, 2.05) is 67.8 Å². The molecule has 0 atom stereocenters. The third kappa shape index (κ3) is 4.56. The molecule has 1 N–H and O–H groups in total. The van der Waals surface area contributed by atoms with Gasteiger partial charge in [0.05, 0.1) is 7.11 Å². The molecule has 1 heterocycles. The quantitative estimate of drug-likeness (QED) is 0.463. The van der Waals surface area contributed by atoms with Crippen LogP contribution in [0.1, 0.15) is 27.0 Å². The molecular weight excluding hydrogens is 370 g/mol. The maximum Gasteiger partial charge on any atom is 0.341 e. The van der Waals surface area contributed by atoms with Gasteiger partial charge in [0.2, 0.25) is 5.91 Å². The zero-order valence-electron chi connectivity index (χ0n) is 16.0. The largest absolute Gasteiger partial charge is 0.465 e. The second-order valence-corrected chi connectivity index (χ2v) is 7.32. The predicted octanol–water partition coefficient (Wildman–Crippen LogP) is 5.47. The first-order valence-corrected chi connectivity index (χ1v) is 9.68. The monoisotopic (exact) mass is 391 g/mol. The normalized spacial score (nSPS) is 10.8. The van der Waals surface area contributed by atoms with Crippen molar-refractivity contribution in [1.82, 2.24) is 0 Å². The Balaban J connectivity index is 1.85. The van der Waals surface area contributed by atoms with E-state index in [1.54, 1.807) is 6.08 Å². The average Bonchev–Trinajstić information content (AvgIpc) is 3.11. The van der Waals surface area contributed by atoms with Gasteiger partial charge in [0, 0.05) is 17.0 Å². The minimum atomic E-state index is -0.477. The van der Waals surface area contributed by atoms with Crippen LogP contribution in [-0.2, 0) is 9.53 Å². The molecule has 2 aromatic carbocycles. The molecule has 3 aromatic rings. The highest BCUT2D eigenvalue weighted by molar-refractivity contribution is 7.15. The molecule has 0 saturated heterocycles. The van der Waals surface area contributed by atoms with Gasteiger partial charge in [-0.2, -0.15) is 0 Å².